The van der Waals surface area contributed by atoms with Gasteiger partial charge in [-0.05, 0) is 42.8 Å². The summed E-state index contributed by atoms with van der Waals surface area (Å²) in [7, 11) is 0. The van der Waals surface area contributed by atoms with Crippen LogP contribution in [0.1, 0.15) is 18.3 Å². The van der Waals surface area contributed by atoms with E-state index in [1.54, 1.807) is 25.1 Å². The van der Waals surface area contributed by atoms with Crippen molar-refractivity contribution in [2.45, 2.75) is 6.92 Å². The molecule has 1 aromatic heterocycles. The summed E-state index contributed by atoms with van der Waals surface area (Å²) in [6.07, 6.45) is 1.62. The van der Waals surface area contributed by atoms with Gasteiger partial charge in [-0.15, -0.1) is 0 Å². The monoisotopic (exact) mass is 415 g/mol. The highest BCUT2D eigenvalue weighted by Gasteiger charge is 2.13. The molecule has 1 N–H and O–H groups in total. The first kappa shape index (κ1) is 19.7. The largest absolute Gasteiger partial charge is 0.479 e. The van der Waals surface area contributed by atoms with E-state index in [0.717, 1.165) is 11.0 Å². The van der Waals surface area contributed by atoms with E-state index in [4.69, 9.17) is 32.7 Å². The van der Waals surface area contributed by atoms with Crippen LogP contribution in [0.5, 0.6) is 5.75 Å². The number of para-hydroxylation sites is 2. The number of benzene rings is 2. The van der Waals surface area contributed by atoms with Crippen LogP contribution in [0.4, 0.5) is 0 Å². The predicted octanol–water partition coefficient (Wildman–Crippen LogP) is 4.88. The van der Waals surface area contributed by atoms with E-state index in [9.17, 15) is 10.1 Å². The van der Waals surface area contributed by atoms with E-state index in [1.165, 1.54) is 0 Å². The second-order valence-corrected chi connectivity index (χ2v) is 6.49. The summed E-state index contributed by atoms with van der Waals surface area (Å²) in [5, 5.41) is 9.96. The summed E-state index contributed by atoms with van der Waals surface area (Å²) >= 11 is 12.5. The van der Waals surface area contributed by atoms with Crippen LogP contribution >= 0.6 is 23.2 Å². The number of ether oxygens (including phenoxy) is 2. The van der Waals surface area contributed by atoms with Crippen LogP contribution in [-0.2, 0) is 9.53 Å². The molecule has 0 aliphatic carbocycles. The number of carbonyl (C=O) groups excluding carboxylic acids is 1. The lowest BCUT2D eigenvalue weighted by Gasteiger charge is -2.10. The summed E-state index contributed by atoms with van der Waals surface area (Å²) in [5.41, 5.74) is 2.51. The van der Waals surface area contributed by atoms with Crippen LogP contribution in [0, 0.1) is 11.3 Å². The fourth-order valence-corrected chi connectivity index (χ4v) is 3.15. The lowest BCUT2D eigenvalue weighted by atomic mass is 10.1. The van der Waals surface area contributed by atoms with Crippen LogP contribution in [-0.4, -0.2) is 29.2 Å². The normalized spacial score (nSPS) is 11.3. The van der Waals surface area contributed by atoms with Gasteiger partial charge in [0, 0.05) is 0 Å². The summed E-state index contributed by atoms with van der Waals surface area (Å²) in [5.74, 6) is 0.102. The third-order valence-corrected chi connectivity index (χ3v) is 4.30. The number of nitrogens with zero attached hydrogens (tertiary/aromatic N) is 2. The number of allylic oxidation sites excluding steroid dienone is 1. The zero-order valence-electron chi connectivity index (χ0n) is 14.8. The number of rotatable bonds is 6. The van der Waals surface area contributed by atoms with Crippen LogP contribution in [0.25, 0.3) is 22.7 Å². The Balaban J connectivity index is 1.88. The molecule has 0 aliphatic heterocycles. The van der Waals surface area contributed by atoms with Crippen LogP contribution < -0.4 is 4.74 Å². The van der Waals surface area contributed by atoms with E-state index in [-0.39, 0.29) is 29.0 Å². The topological polar surface area (TPSA) is 88.0 Å². The second-order valence-electron chi connectivity index (χ2n) is 5.68. The maximum Gasteiger partial charge on any atom is 0.344 e. The average molecular weight is 416 g/mol. The van der Waals surface area contributed by atoms with Gasteiger partial charge >= 0.3 is 5.97 Å². The zero-order valence-corrected chi connectivity index (χ0v) is 16.3. The number of halogens is 2. The van der Waals surface area contributed by atoms with Crippen molar-refractivity contribution >= 4 is 51.9 Å². The summed E-state index contributed by atoms with van der Waals surface area (Å²) in [6.45, 7) is 1.66. The van der Waals surface area contributed by atoms with E-state index in [0.29, 0.717) is 17.0 Å². The number of hydrogen-bond donors (Lipinski definition) is 1. The number of fused-ring (bicyclic) bond motifs is 1. The number of hydrogen-bond acceptors (Lipinski definition) is 5. The molecule has 0 saturated heterocycles. The van der Waals surface area contributed by atoms with Crippen LogP contribution in [0.15, 0.2) is 36.4 Å². The molecule has 3 aromatic rings. The Bertz CT molecular complexity index is 1040. The Labute approximate surface area is 171 Å². The highest BCUT2D eigenvalue weighted by molar-refractivity contribution is 6.37. The first-order valence-corrected chi connectivity index (χ1v) is 9.11. The molecule has 8 heteroatoms. The molecule has 3 rings (SSSR count). The van der Waals surface area contributed by atoms with Crippen molar-refractivity contribution in [3.63, 3.8) is 0 Å². The van der Waals surface area contributed by atoms with Crippen molar-refractivity contribution in [3.8, 4) is 11.8 Å². The third kappa shape index (κ3) is 4.45. The van der Waals surface area contributed by atoms with E-state index in [1.807, 2.05) is 24.3 Å². The fourth-order valence-electron chi connectivity index (χ4n) is 2.54. The molecule has 0 amide bonds. The van der Waals surface area contributed by atoms with Crippen LogP contribution in [0.2, 0.25) is 10.0 Å². The molecule has 142 valence electrons. The van der Waals surface area contributed by atoms with Crippen molar-refractivity contribution in [3.05, 3.63) is 57.8 Å². The number of esters is 1. The minimum atomic E-state index is -0.518. The number of nitrogens with one attached hydrogen (secondary N) is 1. The van der Waals surface area contributed by atoms with Crippen molar-refractivity contribution in [1.82, 2.24) is 9.97 Å². The van der Waals surface area contributed by atoms with Crippen molar-refractivity contribution in [1.29, 1.82) is 5.26 Å². The molecule has 1 heterocycles. The molecule has 0 bridgehead atoms. The molecular formula is C20H15Cl2N3O3. The van der Waals surface area contributed by atoms with Gasteiger partial charge in [0.15, 0.2) is 12.4 Å². The van der Waals surface area contributed by atoms with Gasteiger partial charge in [0.1, 0.15) is 11.9 Å². The number of aromatic amines is 1. The molecule has 0 atom stereocenters. The molecule has 0 saturated carbocycles. The molecule has 0 fully saturated rings. The molecular weight excluding hydrogens is 401 g/mol. The molecule has 0 radical (unpaired) electrons. The van der Waals surface area contributed by atoms with E-state index >= 15 is 0 Å². The SMILES string of the molecule is CCOC(=O)COc1c(Cl)cc(C=C(C#N)c2nc3ccccc3[nH]2)cc1Cl. The Morgan fingerprint density at radius 3 is 2.64 bits per heavy atom. The summed E-state index contributed by atoms with van der Waals surface area (Å²) in [4.78, 5) is 19.0. The lowest BCUT2D eigenvalue weighted by molar-refractivity contribution is -0.145. The van der Waals surface area contributed by atoms with E-state index < -0.39 is 5.97 Å². The smallest absolute Gasteiger partial charge is 0.344 e. The minimum absolute atomic E-state index is 0.177. The summed E-state index contributed by atoms with van der Waals surface area (Å²) < 4.78 is 10.2. The lowest BCUT2D eigenvalue weighted by Crippen LogP contribution is -2.14. The second kappa shape index (κ2) is 8.79. The Hall–Kier alpha value is -3.01. The quantitative estimate of drug-likeness (QED) is 0.457. The molecule has 2 aromatic carbocycles. The first-order valence-electron chi connectivity index (χ1n) is 8.36. The van der Waals surface area contributed by atoms with E-state index in [2.05, 4.69) is 16.0 Å². The fraction of sp³-hybridized carbons (Fsp3) is 0.150. The minimum Gasteiger partial charge on any atom is -0.479 e. The molecule has 0 aliphatic rings. The van der Waals surface area contributed by atoms with Gasteiger partial charge in [-0.3, -0.25) is 0 Å². The number of aromatic nitrogens is 2. The van der Waals surface area contributed by atoms with Gasteiger partial charge in [-0.25, -0.2) is 9.78 Å². The molecule has 0 spiro atoms. The molecule has 28 heavy (non-hydrogen) atoms. The first-order chi connectivity index (χ1) is 13.5. The van der Waals surface area contributed by atoms with Crippen molar-refractivity contribution in [2.75, 3.05) is 13.2 Å². The Morgan fingerprint density at radius 1 is 1.29 bits per heavy atom. The number of carbonyl (C=O) groups is 1. The molecule has 6 nitrogen and oxygen atoms in total. The average Bonchev–Trinajstić information content (AvgIpc) is 3.09. The standard InChI is InChI=1S/C20H15Cl2N3O3/c1-2-27-18(26)11-28-19-14(21)8-12(9-15(19)22)7-13(10-23)20-24-16-5-3-4-6-17(16)25-20/h3-9H,2,11H2,1H3,(H,24,25). The van der Waals surface area contributed by atoms with Gasteiger partial charge in [0.2, 0.25) is 0 Å². The Morgan fingerprint density at radius 2 is 2.00 bits per heavy atom. The van der Waals surface area contributed by atoms with Crippen LogP contribution in [0.3, 0.4) is 0 Å². The number of imidazole rings is 1. The molecule has 0 unspecified atom stereocenters. The highest BCUT2D eigenvalue weighted by Crippen LogP contribution is 2.35. The van der Waals surface area contributed by atoms with Gasteiger partial charge in [-0.2, -0.15) is 5.26 Å². The number of H-pyrrole nitrogens is 1. The third-order valence-electron chi connectivity index (χ3n) is 3.74. The Kier molecular flexibility index (Phi) is 6.19. The zero-order chi connectivity index (χ0) is 20.1. The number of nitriles is 1. The summed E-state index contributed by atoms with van der Waals surface area (Å²) in [6, 6.07) is 12.8. The highest BCUT2D eigenvalue weighted by atomic mass is 35.5. The van der Waals surface area contributed by atoms with Gasteiger partial charge in [-0.1, -0.05) is 35.3 Å². The van der Waals surface area contributed by atoms with Gasteiger partial charge in [0.25, 0.3) is 0 Å². The maximum absolute atomic E-state index is 11.4. The van der Waals surface area contributed by atoms with Gasteiger partial charge in [0.05, 0.1) is 33.3 Å². The van der Waals surface area contributed by atoms with Crippen molar-refractivity contribution < 1.29 is 14.3 Å². The van der Waals surface area contributed by atoms with Gasteiger partial charge < -0.3 is 14.5 Å². The predicted molar refractivity (Wildman–Crippen MR) is 108 cm³/mol. The van der Waals surface area contributed by atoms with Crippen molar-refractivity contribution in [2.24, 2.45) is 0 Å². The maximum atomic E-state index is 11.4.